The third kappa shape index (κ3) is 5.39. The zero-order chi connectivity index (χ0) is 39.2. The highest BCUT2D eigenvalue weighted by atomic mass is 32.1. The molecule has 0 bridgehead atoms. The normalized spacial score (nSPS) is 13.1. The molecule has 3 aromatic heterocycles. The molecule has 0 spiro atoms. The quantitative estimate of drug-likeness (QED) is 0.175. The van der Waals surface area contributed by atoms with Gasteiger partial charge in [-0.3, -0.25) is 0 Å². The lowest BCUT2D eigenvalue weighted by atomic mass is 9.82. The molecule has 5 heteroatoms. The summed E-state index contributed by atoms with van der Waals surface area (Å²) >= 11 is 1.81. The van der Waals surface area contributed by atoms with E-state index in [-0.39, 0.29) is 5.41 Å². The Balaban J connectivity index is 1.03. The molecule has 0 atom stereocenters. The van der Waals surface area contributed by atoms with E-state index >= 15 is 0 Å². The van der Waals surface area contributed by atoms with Gasteiger partial charge in [0.25, 0.3) is 0 Å². The second-order valence-electron chi connectivity index (χ2n) is 16.0. The predicted molar refractivity (Wildman–Crippen MR) is 245 cm³/mol. The van der Waals surface area contributed by atoms with E-state index in [0.29, 0.717) is 17.5 Å². The standard InChI is InChI=1S/C54H35N3OS/c1-54(2)44-16-8-6-13-38(44)41-29-35(23-26-45(41)54)36-24-27-46-43(30-36)50-40(15-10-17-47(50)58-46)53-56-51(34-21-19-33(20-22-34)32-11-4-3-5-12-32)55-52(57-53)37-25-28-49-42(31-37)39-14-7-9-18-48(39)59-49/h3-31H,1-2H3. The average Bonchev–Trinajstić information content (AvgIpc) is 3.93. The first-order valence-corrected chi connectivity index (χ1v) is 20.8. The van der Waals surface area contributed by atoms with E-state index in [1.165, 1.54) is 53.6 Å². The summed E-state index contributed by atoms with van der Waals surface area (Å²) in [5.74, 6) is 1.84. The number of rotatable bonds is 5. The van der Waals surface area contributed by atoms with Crippen molar-refractivity contribution in [3.05, 3.63) is 187 Å². The van der Waals surface area contributed by atoms with Crippen LogP contribution < -0.4 is 0 Å². The highest BCUT2D eigenvalue weighted by molar-refractivity contribution is 7.25. The van der Waals surface area contributed by atoms with Crippen LogP contribution in [0.15, 0.2) is 180 Å². The Morgan fingerprint density at radius 2 is 1.00 bits per heavy atom. The lowest BCUT2D eigenvalue weighted by Gasteiger charge is -2.21. The molecule has 0 unspecified atom stereocenters. The molecule has 0 amide bonds. The lowest BCUT2D eigenvalue weighted by Crippen LogP contribution is -2.14. The number of fused-ring (bicyclic) bond motifs is 9. The number of hydrogen-bond donors (Lipinski definition) is 0. The predicted octanol–water partition coefficient (Wildman–Crippen LogP) is 14.8. The summed E-state index contributed by atoms with van der Waals surface area (Å²) < 4.78 is 9.05. The maximum absolute atomic E-state index is 6.55. The molecule has 4 nitrogen and oxygen atoms in total. The Bertz CT molecular complexity index is 3470. The highest BCUT2D eigenvalue weighted by Gasteiger charge is 2.35. The molecule has 0 saturated heterocycles. The number of thiophene rings is 1. The van der Waals surface area contributed by atoms with E-state index < -0.39 is 0 Å². The zero-order valence-electron chi connectivity index (χ0n) is 32.4. The minimum atomic E-state index is -0.0422. The van der Waals surface area contributed by atoms with Gasteiger partial charge in [-0.1, -0.05) is 141 Å². The number of furan rings is 1. The molecule has 278 valence electrons. The van der Waals surface area contributed by atoms with Crippen molar-refractivity contribution in [3.8, 4) is 67.5 Å². The molecule has 11 aromatic rings. The minimum Gasteiger partial charge on any atom is -0.456 e. The smallest absolute Gasteiger partial charge is 0.164 e. The van der Waals surface area contributed by atoms with Crippen LogP contribution in [0.3, 0.4) is 0 Å². The van der Waals surface area contributed by atoms with Crippen LogP contribution in [0.1, 0.15) is 25.0 Å². The van der Waals surface area contributed by atoms with E-state index in [0.717, 1.165) is 49.8 Å². The molecular weight excluding hydrogens is 739 g/mol. The fourth-order valence-corrected chi connectivity index (χ4v) is 10.2. The highest BCUT2D eigenvalue weighted by Crippen LogP contribution is 2.50. The van der Waals surface area contributed by atoms with Crippen LogP contribution >= 0.6 is 11.3 Å². The number of aromatic nitrogens is 3. The molecule has 8 aromatic carbocycles. The molecule has 0 radical (unpaired) electrons. The Morgan fingerprint density at radius 1 is 0.390 bits per heavy atom. The fraction of sp³-hybridized carbons (Fsp3) is 0.0556. The molecular formula is C54H35N3OS. The van der Waals surface area contributed by atoms with E-state index in [1.807, 2.05) is 29.5 Å². The Labute approximate surface area is 345 Å². The van der Waals surface area contributed by atoms with Crippen LogP contribution in [0.5, 0.6) is 0 Å². The van der Waals surface area contributed by atoms with Gasteiger partial charge in [-0.15, -0.1) is 11.3 Å². The van der Waals surface area contributed by atoms with Crippen LogP contribution in [0, 0.1) is 0 Å². The van der Waals surface area contributed by atoms with E-state index in [4.69, 9.17) is 19.4 Å². The molecule has 0 N–H and O–H groups in total. The van der Waals surface area contributed by atoms with Crippen LogP contribution in [-0.2, 0) is 5.41 Å². The summed E-state index contributed by atoms with van der Waals surface area (Å²) in [6.45, 7) is 4.64. The van der Waals surface area contributed by atoms with Gasteiger partial charge in [-0.25, -0.2) is 15.0 Å². The van der Waals surface area contributed by atoms with Crippen molar-refractivity contribution >= 4 is 53.4 Å². The van der Waals surface area contributed by atoms with Gasteiger partial charge in [0, 0.05) is 53.1 Å². The first-order chi connectivity index (χ1) is 29.0. The first kappa shape index (κ1) is 33.9. The lowest BCUT2D eigenvalue weighted by molar-refractivity contribution is 0.660. The summed E-state index contributed by atoms with van der Waals surface area (Å²) in [4.78, 5) is 15.7. The molecule has 12 rings (SSSR count). The van der Waals surface area contributed by atoms with Crippen LogP contribution in [-0.4, -0.2) is 15.0 Å². The summed E-state index contributed by atoms with van der Waals surface area (Å²) in [6, 6.07) is 62.5. The van der Waals surface area contributed by atoms with Crippen molar-refractivity contribution in [2.24, 2.45) is 0 Å². The van der Waals surface area contributed by atoms with E-state index in [1.54, 1.807) is 0 Å². The van der Waals surface area contributed by atoms with Gasteiger partial charge < -0.3 is 4.42 Å². The maximum atomic E-state index is 6.55. The Morgan fingerprint density at radius 3 is 1.88 bits per heavy atom. The summed E-state index contributed by atoms with van der Waals surface area (Å²) in [5.41, 5.74) is 14.3. The van der Waals surface area contributed by atoms with E-state index in [9.17, 15) is 0 Å². The third-order valence-corrected chi connectivity index (χ3v) is 13.3. The Kier molecular flexibility index (Phi) is 7.41. The fourth-order valence-electron chi connectivity index (χ4n) is 9.15. The van der Waals surface area contributed by atoms with E-state index in [2.05, 4.69) is 172 Å². The minimum absolute atomic E-state index is 0.0422. The van der Waals surface area contributed by atoms with Crippen LogP contribution in [0.25, 0.3) is 110 Å². The van der Waals surface area contributed by atoms with Crippen molar-refractivity contribution < 1.29 is 4.42 Å². The largest absolute Gasteiger partial charge is 0.456 e. The molecule has 3 heterocycles. The molecule has 0 saturated carbocycles. The van der Waals surface area contributed by atoms with Gasteiger partial charge in [0.2, 0.25) is 0 Å². The van der Waals surface area contributed by atoms with Crippen molar-refractivity contribution in [1.82, 2.24) is 15.0 Å². The number of benzene rings is 8. The Hall–Kier alpha value is -7.21. The number of hydrogen-bond acceptors (Lipinski definition) is 5. The van der Waals surface area contributed by atoms with Gasteiger partial charge in [0.05, 0.1) is 0 Å². The van der Waals surface area contributed by atoms with Crippen LogP contribution in [0.4, 0.5) is 0 Å². The monoisotopic (exact) mass is 773 g/mol. The van der Waals surface area contributed by atoms with Gasteiger partial charge in [0.1, 0.15) is 11.2 Å². The molecule has 59 heavy (non-hydrogen) atoms. The SMILES string of the molecule is CC1(C)c2ccccc2-c2cc(-c3ccc4oc5cccc(-c6nc(-c7ccc(-c8ccccc8)cc7)nc(-c7ccc8sc9ccccc9c8c7)n6)c5c4c3)ccc21. The second-order valence-corrected chi connectivity index (χ2v) is 17.1. The topological polar surface area (TPSA) is 51.8 Å². The zero-order valence-corrected chi connectivity index (χ0v) is 33.2. The molecule has 0 aliphatic heterocycles. The van der Waals surface area contributed by atoms with Crippen molar-refractivity contribution in [3.63, 3.8) is 0 Å². The molecule has 1 aliphatic rings. The number of nitrogens with zero attached hydrogens (tertiary/aromatic N) is 3. The summed E-state index contributed by atoms with van der Waals surface area (Å²) in [5, 5.41) is 4.45. The van der Waals surface area contributed by atoms with Gasteiger partial charge in [-0.05, 0) is 93.0 Å². The average molecular weight is 774 g/mol. The van der Waals surface area contributed by atoms with Crippen LogP contribution in [0.2, 0.25) is 0 Å². The van der Waals surface area contributed by atoms with Gasteiger partial charge >= 0.3 is 0 Å². The van der Waals surface area contributed by atoms with Crippen molar-refractivity contribution in [1.29, 1.82) is 0 Å². The summed E-state index contributed by atoms with van der Waals surface area (Å²) in [6.07, 6.45) is 0. The third-order valence-electron chi connectivity index (χ3n) is 12.2. The van der Waals surface area contributed by atoms with Crippen molar-refractivity contribution in [2.45, 2.75) is 19.3 Å². The summed E-state index contributed by atoms with van der Waals surface area (Å²) in [7, 11) is 0. The first-order valence-electron chi connectivity index (χ1n) is 20.0. The molecule has 0 fully saturated rings. The van der Waals surface area contributed by atoms with Gasteiger partial charge in [0.15, 0.2) is 17.5 Å². The second kappa shape index (κ2) is 12.9. The molecule has 1 aliphatic carbocycles. The van der Waals surface area contributed by atoms with Crippen molar-refractivity contribution in [2.75, 3.05) is 0 Å². The maximum Gasteiger partial charge on any atom is 0.164 e. The van der Waals surface area contributed by atoms with Gasteiger partial charge in [-0.2, -0.15) is 0 Å².